The van der Waals surface area contributed by atoms with Gasteiger partial charge in [0.05, 0.1) is 27.9 Å². The van der Waals surface area contributed by atoms with Crippen LogP contribution < -0.4 is 16.2 Å². The average Bonchev–Trinajstić information content (AvgIpc) is 3.20. The first-order chi connectivity index (χ1) is 17.2. The van der Waals surface area contributed by atoms with Gasteiger partial charge in [-0.25, -0.2) is 0 Å². The summed E-state index contributed by atoms with van der Waals surface area (Å²) in [5.41, 5.74) is 3.24. The minimum atomic E-state index is -1.03. The number of fused-ring (bicyclic) bond motifs is 2. The molecular formula is C28H27N5O3. The summed E-state index contributed by atoms with van der Waals surface area (Å²) in [6.45, 7) is 5.17. The highest BCUT2D eigenvalue weighted by Crippen LogP contribution is 2.27. The number of rotatable bonds is 6. The number of amides is 1. The molecule has 0 aliphatic carbocycles. The Morgan fingerprint density at radius 1 is 1.06 bits per heavy atom. The van der Waals surface area contributed by atoms with Gasteiger partial charge in [-0.1, -0.05) is 24.3 Å². The van der Waals surface area contributed by atoms with Gasteiger partial charge < -0.3 is 20.3 Å². The van der Waals surface area contributed by atoms with Crippen molar-refractivity contribution >= 4 is 44.6 Å². The van der Waals surface area contributed by atoms with Crippen molar-refractivity contribution in [2.75, 3.05) is 10.6 Å². The van der Waals surface area contributed by atoms with Crippen LogP contribution in [0.25, 0.3) is 21.7 Å². The fraction of sp³-hybridized carbons (Fsp3) is 0.179. The second kappa shape index (κ2) is 8.98. The zero-order chi connectivity index (χ0) is 25.4. The van der Waals surface area contributed by atoms with Crippen LogP contribution in [0, 0.1) is 6.92 Å². The van der Waals surface area contributed by atoms with Crippen molar-refractivity contribution in [3.05, 3.63) is 94.5 Å². The SMILES string of the molecule is Cc1n[nH]c2cc(Nc3cccc4ccn(CC(=O)Nc5cccc(C(C)(C)O)c5)c(=O)c34)ccc12. The number of aryl methyl sites for hydroxylation is 1. The Kier molecular flexibility index (Phi) is 5.81. The molecule has 5 rings (SSSR count). The zero-order valence-corrected chi connectivity index (χ0v) is 20.3. The third-order valence-corrected chi connectivity index (χ3v) is 6.20. The van der Waals surface area contributed by atoms with Crippen LogP contribution in [0.3, 0.4) is 0 Å². The van der Waals surface area contributed by atoms with E-state index in [1.54, 1.807) is 44.3 Å². The predicted molar refractivity (Wildman–Crippen MR) is 143 cm³/mol. The number of carbonyl (C=O) groups is 1. The molecule has 0 atom stereocenters. The molecule has 182 valence electrons. The molecule has 1 amide bonds. The van der Waals surface area contributed by atoms with Gasteiger partial charge in [-0.3, -0.25) is 14.7 Å². The van der Waals surface area contributed by atoms with Crippen LogP contribution in [0.15, 0.2) is 77.7 Å². The first kappa shape index (κ1) is 23.3. The molecule has 0 saturated heterocycles. The summed E-state index contributed by atoms with van der Waals surface area (Å²) in [6, 6.07) is 20.3. The number of hydrogen-bond acceptors (Lipinski definition) is 5. The summed E-state index contributed by atoms with van der Waals surface area (Å²) in [5, 5.41) is 26.0. The molecule has 2 aromatic heterocycles. The topological polar surface area (TPSA) is 112 Å². The Bertz CT molecular complexity index is 1660. The van der Waals surface area contributed by atoms with Gasteiger partial charge >= 0.3 is 0 Å². The molecule has 0 unspecified atom stereocenters. The number of aromatic amines is 1. The molecule has 3 aromatic carbocycles. The van der Waals surface area contributed by atoms with E-state index in [0.29, 0.717) is 22.3 Å². The Morgan fingerprint density at radius 2 is 1.86 bits per heavy atom. The fourth-order valence-electron chi connectivity index (χ4n) is 4.28. The normalized spacial score (nSPS) is 11.7. The average molecular weight is 482 g/mol. The van der Waals surface area contributed by atoms with Crippen LogP contribution in [0.5, 0.6) is 0 Å². The van der Waals surface area contributed by atoms with E-state index in [1.807, 2.05) is 49.4 Å². The molecule has 0 radical (unpaired) electrons. The first-order valence-corrected chi connectivity index (χ1v) is 11.7. The van der Waals surface area contributed by atoms with Gasteiger partial charge in [0.15, 0.2) is 0 Å². The molecule has 36 heavy (non-hydrogen) atoms. The highest BCUT2D eigenvalue weighted by molar-refractivity contribution is 5.96. The van der Waals surface area contributed by atoms with Crippen molar-refractivity contribution in [2.24, 2.45) is 0 Å². The molecule has 8 nitrogen and oxygen atoms in total. The lowest BCUT2D eigenvalue weighted by Crippen LogP contribution is -2.27. The molecular weight excluding hydrogens is 454 g/mol. The van der Waals surface area contributed by atoms with Crippen molar-refractivity contribution in [2.45, 2.75) is 32.9 Å². The third kappa shape index (κ3) is 4.58. The summed E-state index contributed by atoms with van der Waals surface area (Å²) < 4.78 is 1.39. The summed E-state index contributed by atoms with van der Waals surface area (Å²) >= 11 is 0. The highest BCUT2D eigenvalue weighted by atomic mass is 16.3. The maximum absolute atomic E-state index is 13.4. The van der Waals surface area contributed by atoms with Gasteiger partial charge in [0.25, 0.3) is 5.56 Å². The van der Waals surface area contributed by atoms with Gasteiger partial charge in [-0.05, 0) is 74.2 Å². The lowest BCUT2D eigenvalue weighted by molar-refractivity contribution is -0.116. The van der Waals surface area contributed by atoms with E-state index in [9.17, 15) is 14.7 Å². The summed E-state index contributed by atoms with van der Waals surface area (Å²) in [5.74, 6) is -0.338. The number of nitrogens with one attached hydrogen (secondary N) is 3. The fourth-order valence-corrected chi connectivity index (χ4v) is 4.28. The summed E-state index contributed by atoms with van der Waals surface area (Å²) in [4.78, 5) is 26.2. The van der Waals surface area contributed by atoms with Gasteiger partial charge in [-0.15, -0.1) is 0 Å². The molecule has 0 saturated carbocycles. The number of aliphatic hydroxyl groups is 1. The molecule has 0 spiro atoms. The minimum absolute atomic E-state index is 0.144. The standard InChI is InChI=1S/C28H27N5O3/c1-17-22-11-10-21(15-24(22)32-31-17)29-23-9-4-6-18-12-13-33(27(35)26(18)23)16-25(34)30-20-8-5-7-19(14-20)28(2,3)36/h4-15,29,36H,16H2,1-3H3,(H,30,34)(H,31,32). The molecule has 0 fully saturated rings. The van der Waals surface area contributed by atoms with Crippen LogP contribution in [0.2, 0.25) is 0 Å². The molecule has 4 N–H and O–H groups in total. The van der Waals surface area contributed by atoms with Crippen LogP contribution in [0.4, 0.5) is 17.1 Å². The summed E-state index contributed by atoms with van der Waals surface area (Å²) in [7, 11) is 0. The number of carbonyl (C=O) groups excluding carboxylic acids is 1. The van der Waals surface area contributed by atoms with Gasteiger partial charge in [0.2, 0.25) is 5.91 Å². The number of nitrogens with zero attached hydrogens (tertiary/aromatic N) is 2. The van der Waals surface area contributed by atoms with Crippen LogP contribution in [-0.2, 0) is 16.9 Å². The van der Waals surface area contributed by atoms with Crippen molar-refractivity contribution < 1.29 is 9.90 Å². The van der Waals surface area contributed by atoms with Crippen LogP contribution in [0.1, 0.15) is 25.1 Å². The Labute approximate surface area is 207 Å². The monoisotopic (exact) mass is 481 g/mol. The maximum atomic E-state index is 13.4. The molecule has 5 aromatic rings. The predicted octanol–water partition coefficient (Wildman–Crippen LogP) is 4.80. The smallest absolute Gasteiger partial charge is 0.261 e. The van der Waals surface area contributed by atoms with Crippen molar-refractivity contribution in [3.8, 4) is 0 Å². The minimum Gasteiger partial charge on any atom is -0.386 e. The van der Waals surface area contributed by atoms with Gasteiger partial charge in [0.1, 0.15) is 6.54 Å². The number of pyridine rings is 1. The van der Waals surface area contributed by atoms with Gasteiger partial charge in [0, 0.05) is 23.0 Å². The lowest BCUT2D eigenvalue weighted by atomic mass is 9.98. The lowest BCUT2D eigenvalue weighted by Gasteiger charge is -2.18. The largest absolute Gasteiger partial charge is 0.386 e. The van der Waals surface area contributed by atoms with Crippen molar-refractivity contribution in [1.29, 1.82) is 0 Å². The van der Waals surface area contributed by atoms with Gasteiger partial charge in [-0.2, -0.15) is 5.10 Å². The Hall–Kier alpha value is -4.43. The number of hydrogen-bond donors (Lipinski definition) is 4. The van der Waals surface area contributed by atoms with E-state index < -0.39 is 5.60 Å². The molecule has 2 heterocycles. The second-order valence-electron chi connectivity index (χ2n) is 9.40. The van der Waals surface area contributed by atoms with Crippen molar-refractivity contribution in [1.82, 2.24) is 14.8 Å². The molecule has 0 bridgehead atoms. The van der Waals surface area contributed by atoms with Crippen LogP contribution in [-0.4, -0.2) is 25.8 Å². The Morgan fingerprint density at radius 3 is 2.67 bits per heavy atom. The van der Waals surface area contributed by atoms with E-state index in [2.05, 4.69) is 20.8 Å². The van der Waals surface area contributed by atoms with E-state index in [-0.39, 0.29) is 18.0 Å². The third-order valence-electron chi connectivity index (χ3n) is 6.20. The van der Waals surface area contributed by atoms with E-state index in [0.717, 1.165) is 27.7 Å². The number of anilines is 3. The van der Waals surface area contributed by atoms with E-state index in [4.69, 9.17) is 0 Å². The number of H-pyrrole nitrogens is 1. The highest BCUT2D eigenvalue weighted by Gasteiger charge is 2.17. The zero-order valence-electron chi connectivity index (χ0n) is 20.3. The number of benzene rings is 3. The van der Waals surface area contributed by atoms with Crippen molar-refractivity contribution in [3.63, 3.8) is 0 Å². The van der Waals surface area contributed by atoms with E-state index in [1.165, 1.54) is 4.57 Å². The summed E-state index contributed by atoms with van der Waals surface area (Å²) in [6.07, 6.45) is 1.63. The van der Waals surface area contributed by atoms with Crippen LogP contribution >= 0.6 is 0 Å². The quantitative estimate of drug-likeness (QED) is 0.278. The molecule has 0 aliphatic rings. The van der Waals surface area contributed by atoms with E-state index >= 15 is 0 Å². The Balaban J connectivity index is 1.42. The molecule has 8 heteroatoms. The second-order valence-corrected chi connectivity index (χ2v) is 9.40. The number of aromatic nitrogens is 3. The molecule has 0 aliphatic heterocycles. The first-order valence-electron chi connectivity index (χ1n) is 11.7. The maximum Gasteiger partial charge on any atom is 0.261 e.